The average molecular weight is 524 g/mol. The molecule has 3 rings (SSSR count). The molecule has 0 aliphatic heterocycles. The quantitative estimate of drug-likeness (QED) is 0.234. The van der Waals surface area contributed by atoms with E-state index in [1.165, 1.54) is 19.4 Å². The van der Waals surface area contributed by atoms with Gasteiger partial charge in [-0.1, -0.05) is 30.3 Å². The van der Waals surface area contributed by atoms with Gasteiger partial charge in [-0.25, -0.2) is 5.43 Å². The van der Waals surface area contributed by atoms with E-state index in [-0.39, 0.29) is 17.2 Å². The minimum absolute atomic E-state index is 0.000590. The minimum Gasteiger partial charge on any atom is -0.503 e. The van der Waals surface area contributed by atoms with Crippen molar-refractivity contribution in [3.8, 4) is 17.2 Å². The second-order valence-electron chi connectivity index (χ2n) is 6.90. The van der Waals surface area contributed by atoms with Crippen molar-refractivity contribution >= 4 is 40.0 Å². The number of phenolic OH excluding ortho intramolecular Hbond substituents is 1. The van der Waals surface area contributed by atoms with E-state index < -0.39 is 11.8 Å². The van der Waals surface area contributed by atoms with E-state index >= 15 is 0 Å². The highest BCUT2D eigenvalue weighted by molar-refractivity contribution is 9.10. The molecule has 0 fully saturated rings. The molecule has 9 heteroatoms. The van der Waals surface area contributed by atoms with Gasteiger partial charge in [-0.05, 0) is 69.5 Å². The average Bonchev–Trinajstić information content (AvgIpc) is 2.86. The lowest BCUT2D eigenvalue weighted by atomic mass is 10.1. The number of benzene rings is 3. The third-order valence-corrected chi connectivity index (χ3v) is 5.21. The number of hydrogen-bond donors (Lipinski definition) is 3. The number of amides is 2. The summed E-state index contributed by atoms with van der Waals surface area (Å²) in [7, 11) is 2.99. The van der Waals surface area contributed by atoms with Crippen LogP contribution in [-0.4, -0.2) is 37.4 Å². The smallest absolute Gasteiger partial charge is 0.287 e. The monoisotopic (exact) mass is 523 g/mol. The maximum atomic E-state index is 12.9. The Balaban J connectivity index is 1.82. The summed E-state index contributed by atoms with van der Waals surface area (Å²) in [5.41, 5.74) is 4.05. The Morgan fingerprint density at radius 1 is 0.971 bits per heavy atom. The fourth-order valence-corrected chi connectivity index (χ4v) is 3.32. The van der Waals surface area contributed by atoms with Gasteiger partial charge in [0.1, 0.15) is 11.4 Å². The van der Waals surface area contributed by atoms with Crippen molar-refractivity contribution < 1.29 is 24.2 Å². The highest BCUT2D eigenvalue weighted by Crippen LogP contribution is 2.34. The topological polar surface area (TPSA) is 109 Å². The molecular weight excluding hydrogens is 502 g/mol. The first kappa shape index (κ1) is 24.5. The van der Waals surface area contributed by atoms with Gasteiger partial charge in [0.05, 0.1) is 24.9 Å². The van der Waals surface area contributed by atoms with E-state index in [4.69, 9.17) is 9.47 Å². The van der Waals surface area contributed by atoms with Crippen molar-refractivity contribution in [2.24, 2.45) is 5.10 Å². The van der Waals surface area contributed by atoms with E-state index in [1.807, 2.05) is 0 Å². The van der Waals surface area contributed by atoms with Crippen molar-refractivity contribution in [1.82, 2.24) is 10.7 Å². The zero-order chi connectivity index (χ0) is 24.5. The van der Waals surface area contributed by atoms with Gasteiger partial charge in [-0.3, -0.25) is 9.59 Å². The maximum absolute atomic E-state index is 12.9. The summed E-state index contributed by atoms with van der Waals surface area (Å²) in [6.45, 7) is 0. The first-order valence-corrected chi connectivity index (χ1v) is 10.8. The van der Waals surface area contributed by atoms with Crippen molar-refractivity contribution in [3.63, 3.8) is 0 Å². The number of halogens is 1. The number of nitrogens with one attached hydrogen (secondary N) is 2. The Labute approximate surface area is 205 Å². The van der Waals surface area contributed by atoms with Crippen LogP contribution in [0.3, 0.4) is 0 Å². The molecule has 34 heavy (non-hydrogen) atoms. The zero-order valence-electron chi connectivity index (χ0n) is 18.4. The molecular formula is C25H22BrN3O5. The third kappa shape index (κ3) is 6.46. The standard InChI is InChI=1S/C25H22BrN3O5/c1-33-19-10-8-16(9-11-19)13-21(28-24(31)18-6-4-3-5-7-18)25(32)29-27-15-17-12-20(26)23(30)22(14-17)34-2/h3-15,30H,1-2H3,(H,28,31)(H,29,32)/b21-13+,27-15-. The molecule has 3 aromatic rings. The summed E-state index contributed by atoms with van der Waals surface area (Å²) in [6, 6.07) is 18.7. The van der Waals surface area contributed by atoms with Crippen molar-refractivity contribution in [1.29, 1.82) is 0 Å². The summed E-state index contributed by atoms with van der Waals surface area (Å²) in [4.78, 5) is 25.5. The molecule has 0 radical (unpaired) electrons. The van der Waals surface area contributed by atoms with E-state index in [0.717, 1.165) is 0 Å². The lowest BCUT2D eigenvalue weighted by Crippen LogP contribution is -2.32. The van der Waals surface area contributed by atoms with E-state index in [0.29, 0.717) is 26.9 Å². The molecule has 0 saturated carbocycles. The van der Waals surface area contributed by atoms with Gasteiger partial charge in [0.2, 0.25) is 0 Å². The highest BCUT2D eigenvalue weighted by Gasteiger charge is 2.14. The zero-order valence-corrected chi connectivity index (χ0v) is 20.0. The number of methoxy groups -OCH3 is 2. The first-order chi connectivity index (χ1) is 16.4. The van der Waals surface area contributed by atoms with Gasteiger partial charge >= 0.3 is 0 Å². The summed E-state index contributed by atoms with van der Waals surface area (Å²) >= 11 is 3.23. The minimum atomic E-state index is -0.624. The Morgan fingerprint density at radius 2 is 1.68 bits per heavy atom. The summed E-state index contributed by atoms with van der Waals surface area (Å²) in [6.07, 6.45) is 2.92. The molecule has 0 bridgehead atoms. The molecule has 174 valence electrons. The molecule has 0 aliphatic carbocycles. The Hall–Kier alpha value is -4.11. The predicted octanol–water partition coefficient (Wildman–Crippen LogP) is 4.09. The fraction of sp³-hybridized carbons (Fsp3) is 0.0800. The number of ether oxygens (including phenoxy) is 2. The van der Waals surface area contributed by atoms with Crippen LogP contribution in [0.15, 0.2) is 82.0 Å². The fourth-order valence-electron chi connectivity index (χ4n) is 2.86. The summed E-state index contributed by atoms with van der Waals surface area (Å²) in [5, 5.41) is 16.5. The van der Waals surface area contributed by atoms with Crippen molar-refractivity contribution in [2.45, 2.75) is 0 Å². The van der Waals surface area contributed by atoms with Gasteiger partial charge in [0.25, 0.3) is 11.8 Å². The van der Waals surface area contributed by atoms with E-state index in [9.17, 15) is 14.7 Å². The highest BCUT2D eigenvalue weighted by atomic mass is 79.9. The lowest BCUT2D eigenvalue weighted by molar-refractivity contribution is -0.117. The number of hydrazone groups is 1. The van der Waals surface area contributed by atoms with Crippen molar-refractivity contribution in [2.75, 3.05) is 14.2 Å². The molecule has 0 saturated heterocycles. The largest absolute Gasteiger partial charge is 0.503 e. The number of rotatable bonds is 8. The number of hydrogen-bond acceptors (Lipinski definition) is 6. The first-order valence-electron chi connectivity index (χ1n) is 10.0. The molecule has 2 amide bonds. The molecule has 0 aromatic heterocycles. The molecule has 3 N–H and O–H groups in total. The normalized spacial score (nSPS) is 11.2. The summed E-state index contributed by atoms with van der Waals surface area (Å²) in [5.74, 6) is -0.196. The SMILES string of the molecule is COc1ccc(/C=C(/NC(=O)c2ccccc2)C(=O)N/N=C\c2cc(Br)c(O)c(OC)c2)cc1. The lowest BCUT2D eigenvalue weighted by Gasteiger charge is -2.10. The number of aromatic hydroxyl groups is 1. The Bertz CT molecular complexity index is 1230. The second kappa shape index (κ2) is 11.7. The van der Waals surface area contributed by atoms with Crippen LogP contribution in [0.4, 0.5) is 0 Å². The third-order valence-electron chi connectivity index (χ3n) is 4.61. The number of carbonyl (C=O) groups excluding carboxylic acids is 2. The predicted molar refractivity (Wildman–Crippen MR) is 133 cm³/mol. The molecule has 8 nitrogen and oxygen atoms in total. The molecule has 0 heterocycles. The van der Waals surface area contributed by atoms with E-state index in [1.54, 1.807) is 73.8 Å². The van der Waals surface area contributed by atoms with Gasteiger partial charge < -0.3 is 19.9 Å². The van der Waals surface area contributed by atoms with Gasteiger partial charge in [0, 0.05) is 5.56 Å². The molecule has 0 unspecified atom stereocenters. The van der Waals surface area contributed by atoms with Crippen LogP contribution in [-0.2, 0) is 4.79 Å². The van der Waals surface area contributed by atoms with Crippen LogP contribution in [0.5, 0.6) is 17.2 Å². The van der Waals surface area contributed by atoms with Gasteiger partial charge in [0.15, 0.2) is 11.5 Å². The maximum Gasteiger partial charge on any atom is 0.287 e. The van der Waals surface area contributed by atoms with E-state index in [2.05, 4.69) is 31.8 Å². The van der Waals surface area contributed by atoms with Crippen LogP contribution in [0.2, 0.25) is 0 Å². The Kier molecular flexibility index (Phi) is 8.42. The number of phenols is 1. The molecule has 3 aromatic carbocycles. The van der Waals surface area contributed by atoms with Crippen LogP contribution in [0.25, 0.3) is 6.08 Å². The number of carbonyl (C=O) groups is 2. The van der Waals surface area contributed by atoms with Crippen LogP contribution < -0.4 is 20.2 Å². The molecule has 0 aliphatic rings. The van der Waals surface area contributed by atoms with Gasteiger partial charge in [-0.15, -0.1) is 0 Å². The summed E-state index contributed by atoms with van der Waals surface area (Å²) < 4.78 is 10.7. The van der Waals surface area contributed by atoms with Gasteiger partial charge in [-0.2, -0.15) is 5.10 Å². The molecule has 0 spiro atoms. The van der Waals surface area contributed by atoms with Crippen LogP contribution >= 0.6 is 15.9 Å². The second-order valence-corrected chi connectivity index (χ2v) is 7.76. The Morgan fingerprint density at radius 3 is 2.32 bits per heavy atom. The van der Waals surface area contributed by atoms with Crippen LogP contribution in [0.1, 0.15) is 21.5 Å². The number of nitrogens with zero attached hydrogens (tertiary/aromatic N) is 1. The van der Waals surface area contributed by atoms with Crippen LogP contribution in [0, 0.1) is 0 Å². The molecule has 0 atom stereocenters. The van der Waals surface area contributed by atoms with Crippen molar-refractivity contribution in [3.05, 3.63) is 93.6 Å².